The molecule has 0 atom stereocenters. The van der Waals surface area contributed by atoms with E-state index in [4.69, 9.17) is 16.3 Å². The molecule has 1 aromatic heterocycles. The van der Waals surface area contributed by atoms with Gasteiger partial charge < -0.3 is 10.1 Å². The van der Waals surface area contributed by atoms with Crippen LogP contribution in [0.3, 0.4) is 0 Å². The van der Waals surface area contributed by atoms with Gasteiger partial charge in [0.25, 0.3) is 0 Å². The highest BCUT2D eigenvalue weighted by molar-refractivity contribution is 6.34. The summed E-state index contributed by atoms with van der Waals surface area (Å²) in [6, 6.07) is 5.80. The number of carbonyl (C=O) groups is 1. The van der Waals surface area contributed by atoms with Crippen molar-refractivity contribution in [1.82, 2.24) is 15.3 Å². The van der Waals surface area contributed by atoms with Gasteiger partial charge in [-0.15, -0.1) is 0 Å². The van der Waals surface area contributed by atoms with E-state index in [1.165, 1.54) is 6.33 Å². The fraction of sp³-hybridized carbons (Fsp3) is 0.353. The summed E-state index contributed by atoms with van der Waals surface area (Å²) in [5.74, 6) is 0. The molecule has 0 saturated carbocycles. The van der Waals surface area contributed by atoms with Crippen molar-refractivity contribution in [2.75, 3.05) is 6.54 Å². The molecular formula is C17H20ClN3O2. The van der Waals surface area contributed by atoms with E-state index in [9.17, 15) is 4.79 Å². The maximum absolute atomic E-state index is 11.5. The summed E-state index contributed by atoms with van der Waals surface area (Å²) in [6.07, 6.45) is 5.72. The summed E-state index contributed by atoms with van der Waals surface area (Å²) < 4.78 is 5.16. The van der Waals surface area contributed by atoms with Crippen molar-refractivity contribution in [2.45, 2.75) is 32.8 Å². The van der Waals surface area contributed by atoms with Crippen LogP contribution in [0.25, 0.3) is 17.0 Å². The molecule has 0 radical (unpaired) electrons. The molecule has 2 aromatic rings. The van der Waals surface area contributed by atoms with Gasteiger partial charge in [0.15, 0.2) is 0 Å². The zero-order valence-electron chi connectivity index (χ0n) is 13.5. The number of ether oxygens (including phenoxy) is 1. The van der Waals surface area contributed by atoms with E-state index >= 15 is 0 Å². The lowest BCUT2D eigenvalue weighted by molar-refractivity contribution is 0.0529. The molecule has 0 spiro atoms. The number of benzene rings is 1. The van der Waals surface area contributed by atoms with Crippen LogP contribution in [0.1, 0.15) is 32.8 Å². The Hall–Kier alpha value is -2.14. The molecule has 0 unspecified atom stereocenters. The number of nitrogens with zero attached hydrogens (tertiary/aromatic N) is 2. The van der Waals surface area contributed by atoms with E-state index in [1.54, 1.807) is 0 Å². The molecule has 0 fully saturated rings. The highest BCUT2D eigenvalue weighted by atomic mass is 35.5. The van der Waals surface area contributed by atoms with Gasteiger partial charge in [-0.1, -0.05) is 29.8 Å². The number of amides is 1. The van der Waals surface area contributed by atoms with Crippen LogP contribution in [-0.4, -0.2) is 28.2 Å². The number of hydrogen-bond donors (Lipinski definition) is 1. The number of alkyl carbamates (subject to hydrolysis) is 1. The van der Waals surface area contributed by atoms with E-state index in [1.807, 2.05) is 51.1 Å². The Balaban J connectivity index is 1.85. The average molecular weight is 334 g/mol. The van der Waals surface area contributed by atoms with Gasteiger partial charge >= 0.3 is 6.09 Å². The quantitative estimate of drug-likeness (QED) is 0.672. The maximum atomic E-state index is 11.5. The zero-order chi connectivity index (χ0) is 16.9. The molecule has 1 amide bonds. The highest BCUT2D eigenvalue weighted by Crippen LogP contribution is 2.20. The average Bonchev–Trinajstić information content (AvgIpc) is 2.45. The highest BCUT2D eigenvalue weighted by Gasteiger charge is 2.15. The number of nitrogens with one attached hydrogen (secondary N) is 1. The summed E-state index contributed by atoms with van der Waals surface area (Å²) in [5.41, 5.74) is 1.34. The van der Waals surface area contributed by atoms with Gasteiger partial charge in [-0.3, -0.25) is 0 Å². The largest absolute Gasteiger partial charge is 0.444 e. The van der Waals surface area contributed by atoms with E-state index in [-0.39, 0.29) is 0 Å². The fourth-order valence-electron chi connectivity index (χ4n) is 1.94. The van der Waals surface area contributed by atoms with Gasteiger partial charge in [0.05, 0.1) is 5.52 Å². The Morgan fingerprint density at radius 2 is 2.13 bits per heavy atom. The van der Waals surface area contributed by atoms with E-state index in [0.29, 0.717) is 18.1 Å². The van der Waals surface area contributed by atoms with Crippen molar-refractivity contribution in [2.24, 2.45) is 0 Å². The van der Waals surface area contributed by atoms with Gasteiger partial charge in [0, 0.05) is 11.9 Å². The second-order valence-corrected chi connectivity index (χ2v) is 6.42. The topological polar surface area (TPSA) is 64.1 Å². The van der Waals surface area contributed by atoms with Crippen LogP contribution >= 0.6 is 11.6 Å². The third-order valence-corrected chi connectivity index (χ3v) is 3.20. The summed E-state index contributed by atoms with van der Waals surface area (Å²) in [7, 11) is 0. The molecule has 1 N–H and O–H groups in total. The first-order chi connectivity index (χ1) is 10.8. The van der Waals surface area contributed by atoms with Crippen LogP contribution < -0.4 is 5.32 Å². The predicted molar refractivity (Wildman–Crippen MR) is 92.4 cm³/mol. The molecule has 2 rings (SSSR count). The predicted octanol–water partition coefficient (Wildman–Crippen LogP) is 4.21. The van der Waals surface area contributed by atoms with Gasteiger partial charge in [-0.2, -0.15) is 0 Å². The van der Waals surface area contributed by atoms with E-state index in [0.717, 1.165) is 16.5 Å². The first kappa shape index (κ1) is 17.2. The van der Waals surface area contributed by atoms with Crippen molar-refractivity contribution in [3.8, 4) is 0 Å². The minimum absolute atomic E-state index is 0.400. The van der Waals surface area contributed by atoms with Crippen LogP contribution in [0.2, 0.25) is 5.15 Å². The Bertz CT molecular complexity index is 723. The molecule has 0 aliphatic rings. The standard InChI is InChI=1S/C17H20ClN3O2/c1-17(2,3)23-16(22)19-9-5-4-6-12-7-8-13-14(10-12)20-11-21-15(13)18/h4,6-8,10-11H,5,9H2,1-3H3,(H,19,22). The number of rotatable bonds is 4. The van der Waals surface area contributed by atoms with Gasteiger partial charge in [-0.05, 0) is 44.9 Å². The van der Waals surface area contributed by atoms with Gasteiger partial charge in [0.1, 0.15) is 17.1 Å². The van der Waals surface area contributed by atoms with Gasteiger partial charge in [0.2, 0.25) is 0 Å². The Morgan fingerprint density at radius 1 is 1.35 bits per heavy atom. The molecule has 0 aliphatic heterocycles. The molecule has 122 valence electrons. The lowest BCUT2D eigenvalue weighted by Gasteiger charge is -2.19. The van der Waals surface area contributed by atoms with Gasteiger partial charge in [-0.25, -0.2) is 14.8 Å². The van der Waals surface area contributed by atoms with Crippen LogP contribution in [0, 0.1) is 0 Å². The second kappa shape index (κ2) is 7.42. The van der Waals surface area contributed by atoms with Crippen LogP contribution in [-0.2, 0) is 4.74 Å². The molecule has 1 aromatic carbocycles. The number of halogens is 1. The number of hydrogen-bond acceptors (Lipinski definition) is 4. The van der Waals surface area contributed by atoms with Crippen LogP contribution in [0.4, 0.5) is 4.79 Å². The van der Waals surface area contributed by atoms with Crippen LogP contribution in [0.5, 0.6) is 0 Å². The van der Waals surface area contributed by atoms with E-state index < -0.39 is 11.7 Å². The summed E-state index contributed by atoms with van der Waals surface area (Å²) in [4.78, 5) is 19.6. The van der Waals surface area contributed by atoms with Crippen molar-refractivity contribution in [1.29, 1.82) is 0 Å². The molecule has 0 aliphatic carbocycles. The third-order valence-electron chi connectivity index (χ3n) is 2.90. The normalized spacial score (nSPS) is 11.8. The first-order valence-electron chi connectivity index (χ1n) is 7.39. The van der Waals surface area contributed by atoms with E-state index in [2.05, 4.69) is 15.3 Å². The Labute approximate surface area is 140 Å². The third kappa shape index (κ3) is 5.53. The second-order valence-electron chi connectivity index (χ2n) is 6.06. The smallest absolute Gasteiger partial charge is 0.407 e. The van der Waals surface area contributed by atoms with Crippen molar-refractivity contribution < 1.29 is 9.53 Å². The fourth-order valence-corrected chi connectivity index (χ4v) is 2.14. The number of aromatic nitrogens is 2. The summed E-state index contributed by atoms with van der Waals surface area (Å²) >= 11 is 6.01. The maximum Gasteiger partial charge on any atom is 0.407 e. The molecule has 0 saturated heterocycles. The molecule has 6 heteroatoms. The lowest BCUT2D eigenvalue weighted by atomic mass is 10.1. The van der Waals surface area contributed by atoms with Crippen molar-refractivity contribution in [3.05, 3.63) is 41.3 Å². The zero-order valence-corrected chi connectivity index (χ0v) is 14.2. The van der Waals surface area contributed by atoms with Crippen molar-refractivity contribution >= 4 is 34.7 Å². The van der Waals surface area contributed by atoms with Crippen LogP contribution in [0.15, 0.2) is 30.6 Å². The monoisotopic (exact) mass is 333 g/mol. The first-order valence-corrected chi connectivity index (χ1v) is 7.76. The lowest BCUT2D eigenvalue weighted by Crippen LogP contribution is -2.32. The molecule has 0 bridgehead atoms. The molecular weight excluding hydrogens is 314 g/mol. The minimum Gasteiger partial charge on any atom is -0.444 e. The SMILES string of the molecule is CC(C)(C)OC(=O)NCCC=Cc1ccc2c(Cl)ncnc2c1. The van der Waals surface area contributed by atoms with Crippen molar-refractivity contribution in [3.63, 3.8) is 0 Å². The molecule has 23 heavy (non-hydrogen) atoms. The molecule has 1 heterocycles. The minimum atomic E-state index is -0.478. The number of fused-ring (bicyclic) bond motifs is 1. The summed E-state index contributed by atoms with van der Waals surface area (Å²) in [5, 5.41) is 3.99. The molecule has 5 nitrogen and oxygen atoms in total. The number of carbonyl (C=O) groups excluding carboxylic acids is 1. The Morgan fingerprint density at radius 3 is 2.87 bits per heavy atom. The summed E-state index contributed by atoms with van der Waals surface area (Å²) in [6.45, 7) is 6.03. The Kier molecular flexibility index (Phi) is 5.55.